The molecule has 3 amide bonds. The number of Topliss-reactive ketones (excluding diaryl/α,β-unsaturated/α-hetero) is 1. The Kier molecular flexibility index (Phi) is 8.77. The summed E-state index contributed by atoms with van der Waals surface area (Å²) in [6.07, 6.45) is 6.10. The minimum atomic E-state index is -0.628. The second kappa shape index (κ2) is 12.4. The number of benzene rings is 2. The zero-order valence-electron chi connectivity index (χ0n) is 21.5. The first-order chi connectivity index (χ1) is 18.7. The van der Waals surface area contributed by atoms with Crippen molar-refractivity contribution in [2.75, 3.05) is 17.7 Å². The first kappa shape index (κ1) is 27.6. The Balaban J connectivity index is 1.59. The van der Waals surface area contributed by atoms with Gasteiger partial charge in [0, 0.05) is 40.5 Å². The number of hydrogen-bond donors (Lipinski definition) is 4. The number of H-pyrrole nitrogens is 1. The fraction of sp³-hybridized carbons (Fsp3) is 0.250. The summed E-state index contributed by atoms with van der Waals surface area (Å²) in [5.74, 6) is -0.106. The van der Waals surface area contributed by atoms with Crippen LogP contribution in [0.5, 0.6) is 0 Å². The molecule has 1 aliphatic heterocycles. The van der Waals surface area contributed by atoms with Gasteiger partial charge in [0.25, 0.3) is 0 Å². The third-order valence-corrected chi connectivity index (χ3v) is 6.43. The molecule has 0 saturated heterocycles. The number of amides is 3. The Hall–Kier alpha value is -4.44. The number of anilines is 2. The maximum atomic E-state index is 12.9. The van der Waals surface area contributed by atoms with Crippen molar-refractivity contribution in [3.05, 3.63) is 70.6 Å². The SMILES string of the molecule is COC(=O)Nc1ccc2c(c1)NC(=O)CCCCC(NC(=O)/C=C/c1cc(Cl)ccc1C(C)=O)c1nc-2c[nH]1. The number of ketones is 1. The van der Waals surface area contributed by atoms with Crippen LogP contribution in [-0.4, -0.2) is 40.8 Å². The highest BCUT2D eigenvalue weighted by Crippen LogP contribution is 2.32. The Labute approximate surface area is 230 Å². The van der Waals surface area contributed by atoms with Crippen molar-refractivity contribution in [3.8, 4) is 11.3 Å². The van der Waals surface area contributed by atoms with Gasteiger partial charge < -0.3 is 20.4 Å². The van der Waals surface area contributed by atoms with Crippen LogP contribution in [-0.2, 0) is 14.3 Å². The number of carbonyl (C=O) groups is 4. The Morgan fingerprint density at radius 2 is 1.97 bits per heavy atom. The van der Waals surface area contributed by atoms with Crippen LogP contribution in [0.4, 0.5) is 16.2 Å². The minimum absolute atomic E-state index is 0.133. The second-order valence-corrected chi connectivity index (χ2v) is 9.46. The van der Waals surface area contributed by atoms with Gasteiger partial charge in [-0.1, -0.05) is 18.0 Å². The molecular formula is C28H28ClN5O5. The van der Waals surface area contributed by atoms with Crippen LogP contribution in [0.1, 0.15) is 60.4 Å². The van der Waals surface area contributed by atoms with Crippen molar-refractivity contribution in [2.45, 2.75) is 38.6 Å². The predicted octanol–water partition coefficient (Wildman–Crippen LogP) is 5.49. The molecule has 0 saturated carbocycles. The summed E-state index contributed by atoms with van der Waals surface area (Å²) in [4.78, 5) is 56.9. The Morgan fingerprint density at radius 3 is 2.74 bits per heavy atom. The number of fused-ring (bicyclic) bond motifs is 4. The predicted molar refractivity (Wildman–Crippen MR) is 149 cm³/mol. The lowest BCUT2D eigenvalue weighted by molar-refractivity contribution is -0.118. The summed E-state index contributed by atoms with van der Waals surface area (Å²) < 4.78 is 4.65. The molecule has 4 rings (SSSR count). The number of carbonyl (C=O) groups excluding carboxylic acids is 4. The summed E-state index contributed by atoms with van der Waals surface area (Å²) >= 11 is 6.08. The average Bonchev–Trinajstić information content (AvgIpc) is 3.38. The molecule has 2 bridgehead atoms. The van der Waals surface area contributed by atoms with Crippen molar-refractivity contribution < 1.29 is 23.9 Å². The van der Waals surface area contributed by atoms with Crippen molar-refractivity contribution in [2.24, 2.45) is 0 Å². The van der Waals surface area contributed by atoms with E-state index in [1.807, 2.05) is 0 Å². The van der Waals surface area contributed by atoms with E-state index in [1.54, 1.807) is 48.7 Å². The van der Waals surface area contributed by atoms with Crippen LogP contribution in [0.15, 0.2) is 48.7 Å². The van der Waals surface area contributed by atoms with Gasteiger partial charge in [-0.05, 0) is 67.8 Å². The first-order valence-electron chi connectivity index (χ1n) is 12.4. The van der Waals surface area contributed by atoms with Crippen molar-refractivity contribution in [3.63, 3.8) is 0 Å². The zero-order valence-corrected chi connectivity index (χ0v) is 22.2. The molecule has 39 heavy (non-hydrogen) atoms. The van der Waals surface area contributed by atoms with E-state index in [1.165, 1.54) is 20.1 Å². The number of nitrogens with one attached hydrogen (secondary N) is 4. The number of halogens is 1. The third-order valence-electron chi connectivity index (χ3n) is 6.20. The van der Waals surface area contributed by atoms with E-state index in [0.717, 1.165) is 0 Å². The highest BCUT2D eigenvalue weighted by molar-refractivity contribution is 6.31. The summed E-state index contributed by atoms with van der Waals surface area (Å²) in [7, 11) is 1.27. The molecule has 1 unspecified atom stereocenters. The summed E-state index contributed by atoms with van der Waals surface area (Å²) in [5.41, 5.74) is 3.15. The lowest BCUT2D eigenvalue weighted by Gasteiger charge is -2.17. The lowest BCUT2D eigenvalue weighted by atomic mass is 10.0. The molecule has 0 aliphatic carbocycles. The van der Waals surface area contributed by atoms with E-state index < -0.39 is 12.1 Å². The highest BCUT2D eigenvalue weighted by Gasteiger charge is 2.21. The average molecular weight is 550 g/mol. The number of nitrogens with zero attached hydrogens (tertiary/aromatic N) is 1. The van der Waals surface area contributed by atoms with Gasteiger partial charge in [-0.3, -0.25) is 19.7 Å². The van der Waals surface area contributed by atoms with Gasteiger partial charge in [0.1, 0.15) is 5.82 Å². The van der Waals surface area contributed by atoms with Gasteiger partial charge in [0.15, 0.2) is 5.78 Å². The molecule has 3 aromatic rings. The van der Waals surface area contributed by atoms with Crippen LogP contribution >= 0.6 is 11.6 Å². The van der Waals surface area contributed by atoms with Crippen LogP contribution < -0.4 is 16.0 Å². The molecule has 1 atom stereocenters. The van der Waals surface area contributed by atoms with E-state index in [2.05, 4.69) is 25.7 Å². The zero-order chi connectivity index (χ0) is 27.9. The van der Waals surface area contributed by atoms with E-state index in [4.69, 9.17) is 16.6 Å². The van der Waals surface area contributed by atoms with E-state index in [0.29, 0.717) is 63.9 Å². The lowest BCUT2D eigenvalue weighted by Crippen LogP contribution is -2.28. The first-order valence-corrected chi connectivity index (χ1v) is 12.7. The molecule has 0 radical (unpaired) electrons. The number of imidazole rings is 1. The normalized spacial score (nSPS) is 15.4. The molecule has 2 heterocycles. The van der Waals surface area contributed by atoms with Crippen LogP contribution in [0, 0.1) is 0 Å². The minimum Gasteiger partial charge on any atom is -0.453 e. The molecule has 0 spiro atoms. The Morgan fingerprint density at radius 1 is 1.15 bits per heavy atom. The van der Waals surface area contributed by atoms with Crippen LogP contribution in [0.3, 0.4) is 0 Å². The number of hydrogen-bond acceptors (Lipinski definition) is 6. The number of aromatic amines is 1. The Bertz CT molecular complexity index is 1450. The summed E-state index contributed by atoms with van der Waals surface area (Å²) in [5, 5.41) is 8.92. The smallest absolute Gasteiger partial charge is 0.411 e. The maximum absolute atomic E-state index is 12.9. The fourth-order valence-electron chi connectivity index (χ4n) is 4.27. The molecule has 1 aliphatic rings. The topological polar surface area (TPSA) is 142 Å². The number of methoxy groups -OCH3 is 1. The molecule has 4 N–H and O–H groups in total. The monoisotopic (exact) mass is 549 g/mol. The number of rotatable bonds is 5. The van der Waals surface area contributed by atoms with Gasteiger partial charge in [0.2, 0.25) is 11.8 Å². The van der Waals surface area contributed by atoms with Crippen molar-refractivity contribution in [1.82, 2.24) is 15.3 Å². The molecule has 202 valence electrons. The van der Waals surface area contributed by atoms with Gasteiger partial charge in [-0.15, -0.1) is 0 Å². The fourth-order valence-corrected chi connectivity index (χ4v) is 4.45. The van der Waals surface area contributed by atoms with Crippen LogP contribution in [0.25, 0.3) is 17.3 Å². The largest absolute Gasteiger partial charge is 0.453 e. The summed E-state index contributed by atoms with van der Waals surface area (Å²) in [6.45, 7) is 1.45. The van der Waals surface area contributed by atoms with Crippen LogP contribution in [0.2, 0.25) is 5.02 Å². The summed E-state index contributed by atoms with van der Waals surface area (Å²) in [6, 6.07) is 9.50. The molecule has 2 aromatic carbocycles. The van der Waals surface area contributed by atoms with Gasteiger partial charge in [-0.25, -0.2) is 9.78 Å². The van der Waals surface area contributed by atoms with Gasteiger partial charge in [0.05, 0.1) is 24.5 Å². The quantitative estimate of drug-likeness (QED) is 0.245. The molecular weight excluding hydrogens is 522 g/mol. The molecule has 1 aromatic heterocycles. The standard InChI is InChI=1S/C28H28ClN5O5/c1-16(35)20-10-8-18(29)13-17(20)7-12-26(37)32-22-5-3-4-6-25(36)33-23-14-19(31-28(38)39-2)9-11-21(23)24-15-30-27(22)34-24/h7-15,22H,3-6H2,1-2H3,(H,30,34)(H,31,38)(H,32,37)(H,33,36)/b12-7+. The van der Waals surface area contributed by atoms with Crippen molar-refractivity contribution >= 4 is 52.7 Å². The van der Waals surface area contributed by atoms with Crippen molar-refractivity contribution in [1.29, 1.82) is 0 Å². The highest BCUT2D eigenvalue weighted by atomic mass is 35.5. The number of aromatic nitrogens is 2. The molecule has 0 fully saturated rings. The number of ether oxygens (including phenoxy) is 1. The molecule has 11 heteroatoms. The van der Waals surface area contributed by atoms with Gasteiger partial charge in [-0.2, -0.15) is 0 Å². The van der Waals surface area contributed by atoms with E-state index in [9.17, 15) is 19.2 Å². The second-order valence-electron chi connectivity index (χ2n) is 9.02. The van der Waals surface area contributed by atoms with E-state index in [-0.39, 0.29) is 24.0 Å². The van der Waals surface area contributed by atoms with E-state index >= 15 is 0 Å². The third kappa shape index (κ3) is 7.11. The molecule has 10 nitrogen and oxygen atoms in total. The maximum Gasteiger partial charge on any atom is 0.411 e. The van der Waals surface area contributed by atoms with Gasteiger partial charge >= 0.3 is 6.09 Å².